The van der Waals surface area contributed by atoms with Crippen LogP contribution in [0.15, 0.2) is 35.3 Å². The second-order valence-corrected chi connectivity index (χ2v) is 7.06. The number of ether oxygens (including phenoxy) is 1. The quantitative estimate of drug-likeness (QED) is 0.455. The van der Waals surface area contributed by atoms with E-state index in [1.54, 1.807) is 0 Å². The molecule has 0 aromatic heterocycles. The highest BCUT2D eigenvalue weighted by atomic mass is 16.5. The van der Waals surface area contributed by atoms with Gasteiger partial charge in [-0.1, -0.05) is 44.2 Å². The molecule has 1 aliphatic rings. The van der Waals surface area contributed by atoms with Crippen LogP contribution in [0.3, 0.4) is 0 Å². The van der Waals surface area contributed by atoms with Crippen LogP contribution in [0.2, 0.25) is 0 Å². The van der Waals surface area contributed by atoms with Crippen molar-refractivity contribution in [2.75, 3.05) is 45.9 Å². The van der Waals surface area contributed by atoms with Gasteiger partial charge < -0.3 is 20.5 Å². The fourth-order valence-corrected chi connectivity index (χ4v) is 3.47. The summed E-state index contributed by atoms with van der Waals surface area (Å²) in [4.78, 5) is 7.10. The predicted octanol–water partition coefficient (Wildman–Crippen LogP) is 2.17. The van der Waals surface area contributed by atoms with Gasteiger partial charge in [-0.3, -0.25) is 9.89 Å². The summed E-state index contributed by atoms with van der Waals surface area (Å²) in [5.74, 6) is 0.755. The minimum Gasteiger partial charge on any atom is -0.388 e. The molecule has 1 heterocycles. The summed E-state index contributed by atoms with van der Waals surface area (Å²) in [7, 11) is 0. The van der Waals surface area contributed by atoms with Crippen LogP contribution >= 0.6 is 0 Å². The maximum absolute atomic E-state index is 10.7. The van der Waals surface area contributed by atoms with Gasteiger partial charge in [0.1, 0.15) is 0 Å². The molecule has 0 radical (unpaired) electrons. The lowest BCUT2D eigenvalue weighted by molar-refractivity contribution is -0.0566. The minimum atomic E-state index is -0.752. The first-order valence-electron chi connectivity index (χ1n) is 10.2. The van der Waals surface area contributed by atoms with Crippen molar-refractivity contribution in [3.8, 4) is 0 Å². The standard InChI is InChI=1S/C21H36N4O2/c1-4-22-20(24-17-21(26)12-14-27-15-13-21)23-16-19(25(5-2)6-3)18-10-8-7-9-11-18/h7-11,19,26H,4-6,12-17H2,1-3H3,(H2,22,23,24). The van der Waals surface area contributed by atoms with Crippen LogP contribution in [-0.2, 0) is 4.74 Å². The Kier molecular flexibility index (Phi) is 9.04. The Balaban J connectivity index is 2.05. The SMILES string of the molecule is CCNC(=NCC1(O)CCOCC1)NCC(c1ccccc1)N(CC)CC. The Bertz CT molecular complexity index is 555. The highest BCUT2D eigenvalue weighted by Crippen LogP contribution is 2.21. The number of nitrogens with zero attached hydrogens (tertiary/aromatic N) is 2. The molecular formula is C21H36N4O2. The van der Waals surface area contributed by atoms with Crippen molar-refractivity contribution in [3.05, 3.63) is 35.9 Å². The molecule has 0 bridgehead atoms. The van der Waals surface area contributed by atoms with Crippen LogP contribution in [0.25, 0.3) is 0 Å². The zero-order chi connectivity index (χ0) is 19.5. The van der Waals surface area contributed by atoms with Crippen LogP contribution in [-0.4, -0.2) is 67.5 Å². The summed E-state index contributed by atoms with van der Waals surface area (Å²) < 4.78 is 5.35. The molecule has 6 heteroatoms. The van der Waals surface area contributed by atoms with Crippen LogP contribution in [0.4, 0.5) is 0 Å². The van der Waals surface area contributed by atoms with Crippen molar-refractivity contribution >= 4 is 5.96 Å². The largest absolute Gasteiger partial charge is 0.388 e. The molecular weight excluding hydrogens is 340 g/mol. The van der Waals surface area contributed by atoms with Crippen LogP contribution in [0, 0.1) is 0 Å². The van der Waals surface area contributed by atoms with Gasteiger partial charge >= 0.3 is 0 Å². The molecule has 1 unspecified atom stereocenters. The highest BCUT2D eigenvalue weighted by Gasteiger charge is 2.29. The molecule has 1 aliphatic heterocycles. The summed E-state index contributed by atoms with van der Waals surface area (Å²) in [5, 5.41) is 17.4. The molecule has 6 nitrogen and oxygen atoms in total. The number of hydrogen-bond donors (Lipinski definition) is 3. The van der Waals surface area contributed by atoms with E-state index in [0.717, 1.165) is 32.1 Å². The molecule has 1 atom stereocenters. The van der Waals surface area contributed by atoms with Crippen molar-refractivity contribution in [3.63, 3.8) is 0 Å². The smallest absolute Gasteiger partial charge is 0.191 e. The first-order valence-corrected chi connectivity index (χ1v) is 10.2. The molecule has 0 aliphatic carbocycles. The molecule has 3 N–H and O–H groups in total. The van der Waals surface area contributed by atoms with E-state index in [9.17, 15) is 5.11 Å². The Morgan fingerprint density at radius 1 is 1.15 bits per heavy atom. The number of hydrogen-bond acceptors (Lipinski definition) is 4. The third kappa shape index (κ3) is 6.79. The third-order valence-corrected chi connectivity index (χ3v) is 5.20. The van der Waals surface area contributed by atoms with E-state index in [1.165, 1.54) is 5.56 Å². The maximum Gasteiger partial charge on any atom is 0.191 e. The Hall–Kier alpha value is -1.63. The molecule has 1 aromatic rings. The number of benzene rings is 1. The van der Waals surface area contributed by atoms with Gasteiger partial charge in [-0.05, 0) is 25.6 Å². The van der Waals surface area contributed by atoms with Crippen LogP contribution in [0.1, 0.15) is 45.2 Å². The summed E-state index contributed by atoms with van der Waals surface area (Å²) in [6, 6.07) is 10.9. The molecule has 0 saturated carbocycles. The van der Waals surface area contributed by atoms with Gasteiger partial charge in [-0.2, -0.15) is 0 Å². The number of likely N-dealkylation sites (N-methyl/N-ethyl adjacent to an activating group) is 1. The lowest BCUT2D eigenvalue weighted by Crippen LogP contribution is -2.45. The fraction of sp³-hybridized carbons (Fsp3) is 0.667. The molecule has 1 aromatic carbocycles. The van der Waals surface area contributed by atoms with Crippen molar-refractivity contribution in [2.24, 2.45) is 4.99 Å². The van der Waals surface area contributed by atoms with Crippen molar-refractivity contribution in [1.29, 1.82) is 0 Å². The normalized spacial score (nSPS) is 18.3. The highest BCUT2D eigenvalue weighted by molar-refractivity contribution is 5.79. The third-order valence-electron chi connectivity index (χ3n) is 5.20. The first-order chi connectivity index (χ1) is 13.1. The summed E-state index contributed by atoms with van der Waals surface area (Å²) in [5.41, 5.74) is 0.547. The Morgan fingerprint density at radius 3 is 2.41 bits per heavy atom. The van der Waals surface area contributed by atoms with E-state index in [2.05, 4.69) is 71.6 Å². The molecule has 2 rings (SSSR count). The summed E-state index contributed by atoms with van der Waals surface area (Å²) >= 11 is 0. The topological polar surface area (TPSA) is 69.1 Å². The number of aliphatic imine (C=N–C) groups is 1. The van der Waals surface area contributed by atoms with Gasteiger partial charge in [-0.15, -0.1) is 0 Å². The molecule has 1 fully saturated rings. The number of guanidine groups is 1. The van der Waals surface area contributed by atoms with Gasteiger partial charge in [0.25, 0.3) is 0 Å². The lowest BCUT2D eigenvalue weighted by Gasteiger charge is -2.32. The monoisotopic (exact) mass is 376 g/mol. The minimum absolute atomic E-state index is 0.274. The van der Waals surface area contributed by atoms with Crippen molar-refractivity contribution in [2.45, 2.75) is 45.3 Å². The first kappa shape index (κ1) is 21.7. The Labute approximate surface area is 164 Å². The zero-order valence-electron chi connectivity index (χ0n) is 17.1. The fourth-order valence-electron chi connectivity index (χ4n) is 3.47. The number of rotatable bonds is 9. The second kappa shape index (κ2) is 11.3. The molecule has 1 saturated heterocycles. The van der Waals surface area contributed by atoms with Crippen LogP contribution < -0.4 is 10.6 Å². The van der Waals surface area contributed by atoms with E-state index >= 15 is 0 Å². The van der Waals surface area contributed by atoms with Gasteiger partial charge in [0.15, 0.2) is 5.96 Å². The van der Waals surface area contributed by atoms with Crippen LogP contribution in [0.5, 0.6) is 0 Å². The van der Waals surface area contributed by atoms with Crippen molar-refractivity contribution < 1.29 is 9.84 Å². The number of aliphatic hydroxyl groups is 1. The molecule has 27 heavy (non-hydrogen) atoms. The van der Waals surface area contributed by atoms with E-state index in [1.807, 2.05) is 0 Å². The Morgan fingerprint density at radius 2 is 1.81 bits per heavy atom. The van der Waals surface area contributed by atoms with Gasteiger partial charge in [-0.25, -0.2) is 0 Å². The average Bonchev–Trinajstić information content (AvgIpc) is 2.70. The van der Waals surface area contributed by atoms with E-state index in [4.69, 9.17) is 4.74 Å². The lowest BCUT2D eigenvalue weighted by atomic mass is 9.95. The predicted molar refractivity (Wildman–Crippen MR) is 111 cm³/mol. The molecule has 0 spiro atoms. The molecule has 152 valence electrons. The van der Waals surface area contributed by atoms with E-state index < -0.39 is 5.60 Å². The van der Waals surface area contributed by atoms with E-state index in [-0.39, 0.29) is 6.04 Å². The van der Waals surface area contributed by atoms with Gasteiger partial charge in [0.05, 0.1) is 18.2 Å². The van der Waals surface area contributed by atoms with Crippen molar-refractivity contribution in [1.82, 2.24) is 15.5 Å². The number of nitrogens with one attached hydrogen (secondary N) is 2. The maximum atomic E-state index is 10.7. The summed E-state index contributed by atoms with van der Waals surface area (Å²) in [6.45, 7) is 11.6. The molecule has 0 amide bonds. The van der Waals surface area contributed by atoms with Gasteiger partial charge in [0, 0.05) is 39.1 Å². The summed E-state index contributed by atoms with van der Waals surface area (Å²) in [6.07, 6.45) is 1.28. The average molecular weight is 377 g/mol. The zero-order valence-corrected chi connectivity index (χ0v) is 17.1. The van der Waals surface area contributed by atoms with E-state index in [0.29, 0.717) is 32.6 Å². The second-order valence-electron chi connectivity index (χ2n) is 7.06. The van der Waals surface area contributed by atoms with Gasteiger partial charge in [0.2, 0.25) is 0 Å².